The van der Waals surface area contributed by atoms with Gasteiger partial charge in [0.25, 0.3) is 0 Å². The van der Waals surface area contributed by atoms with E-state index in [1.807, 2.05) is 54.6 Å². The molecule has 0 bridgehead atoms. The maximum absolute atomic E-state index is 13.6. The third kappa shape index (κ3) is 23.3. The lowest BCUT2D eigenvalue weighted by Gasteiger charge is -2.35. The molecule has 30 heteroatoms. The Morgan fingerprint density at radius 3 is 1.07 bits per heavy atom. The fourth-order valence-corrected chi connectivity index (χ4v) is 17.0. The van der Waals surface area contributed by atoms with Crippen molar-refractivity contribution < 1.29 is 81.4 Å². The number of anilines is 1. The number of hydrogen-bond donors (Lipinski definition) is 10. The topological polar surface area (TPSA) is 405 Å². The van der Waals surface area contributed by atoms with E-state index in [9.17, 15) is 71.9 Å². The summed E-state index contributed by atoms with van der Waals surface area (Å²) in [5.74, 6) is -2.99. The summed E-state index contributed by atoms with van der Waals surface area (Å²) < 4.78 is 10.1. The number of fused-ring (bicyclic) bond motifs is 3. The quantitative estimate of drug-likeness (QED) is 0.0332. The van der Waals surface area contributed by atoms with Crippen molar-refractivity contribution in [2.24, 2.45) is 5.41 Å². The zero-order valence-electron chi connectivity index (χ0n) is 68.2. The molecule has 10 N–H and O–H groups in total. The van der Waals surface area contributed by atoms with Crippen LogP contribution < -0.4 is 53.2 Å². The van der Waals surface area contributed by atoms with Gasteiger partial charge in [0, 0.05) is 82.0 Å². The molecule has 10 amide bonds. The molecular weight excluding hydrogens is 1490 g/mol. The van der Waals surface area contributed by atoms with Gasteiger partial charge >= 0.3 is 11.9 Å². The Morgan fingerprint density at radius 1 is 0.422 bits per heavy atom. The maximum Gasteiger partial charge on any atom is 0.306 e. The summed E-state index contributed by atoms with van der Waals surface area (Å²) in [5.41, 5.74) is 4.21. The molecule has 3 aromatic carbocycles. The second-order valence-corrected chi connectivity index (χ2v) is 32.6. The Kier molecular flexibility index (Phi) is 31.9. The lowest BCUT2D eigenvalue weighted by Crippen LogP contribution is -2.57. The first-order chi connectivity index (χ1) is 55.7. The molecule has 9 fully saturated rings. The number of rotatable bonds is 29. The normalized spacial score (nSPS) is 25.5. The number of Topliss-reactive ketones (excluding diaryl/α,β-unsaturated/α-hetero) is 3. The van der Waals surface area contributed by atoms with E-state index in [4.69, 9.17) is 9.47 Å². The second-order valence-electron chi connectivity index (χ2n) is 32.6. The van der Waals surface area contributed by atoms with Gasteiger partial charge in [-0.05, 0) is 192 Å². The Bertz CT molecular complexity index is 3920. The van der Waals surface area contributed by atoms with Crippen molar-refractivity contribution >= 4 is 94.0 Å². The molecule has 0 unspecified atom stereocenters. The third-order valence-corrected chi connectivity index (χ3v) is 24.6. The van der Waals surface area contributed by atoms with Crippen LogP contribution in [-0.2, 0) is 114 Å². The molecule has 14 atom stereocenters. The molecule has 12 rings (SSSR count). The summed E-state index contributed by atoms with van der Waals surface area (Å²) in [5, 5.41) is 29.1. The summed E-state index contributed by atoms with van der Waals surface area (Å²) in [6.07, 6.45) is 16.8. The van der Waals surface area contributed by atoms with Gasteiger partial charge in [-0.1, -0.05) is 99.2 Å². The molecule has 8 aliphatic heterocycles. The van der Waals surface area contributed by atoms with Crippen LogP contribution in [0.4, 0.5) is 5.69 Å². The largest absolute Gasteiger partial charge is 0.454 e. The van der Waals surface area contributed by atoms with E-state index >= 15 is 0 Å². The van der Waals surface area contributed by atoms with Crippen LogP contribution in [0.2, 0.25) is 0 Å². The molecule has 8 saturated heterocycles. The highest BCUT2D eigenvalue weighted by atomic mass is 16.6. The highest BCUT2D eigenvalue weighted by Crippen LogP contribution is 2.47. The van der Waals surface area contributed by atoms with Gasteiger partial charge in [0.15, 0.2) is 23.8 Å². The lowest BCUT2D eigenvalue weighted by molar-refractivity contribution is -0.147. The van der Waals surface area contributed by atoms with E-state index in [0.717, 1.165) is 105 Å². The fourth-order valence-electron chi connectivity index (χ4n) is 17.0. The number of nitrogens with zero attached hydrogens (tertiary/aromatic N) is 3. The number of amides is 10. The summed E-state index contributed by atoms with van der Waals surface area (Å²) in [6.45, 7) is 7.54. The fraction of sp³-hybridized carbons (Fsp3) is 0.616. The third-order valence-electron chi connectivity index (χ3n) is 24.6. The molecule has 0 radical (unpaired) electrons. The minimum Gasteiger partial charge on any atom is -0.454 e. The molecule has 630 valence electrons. The van der Waals surface area contributed by atoms with Gasteiger partial charge in [-0.15, -0.1) is 0 Å². The number of carbonyl (C=O) groups excluding carboxylic acids is 15. The van der Waals surface area contributed by atoms with Gasteiger partial charge in [0.1, 0.15) is 47.4 Å². The molecule has 1 saturated carbocycles. The van der Waals surface area contributed by atoms with E-state index in [1.54, 1.807) is 74.8 Å². The Labute approximate surface area is 679 Å². The number of cyclic esters (lactones) is 2. The van der Waals surface area contributed by atoms with E-state index in [-0.39, 0.29) is 113 Å². The average molecular weight is 1610 g/mol. The highest BCUT2D eigenvalue weighted by molar-refractivity contribution is 6.13. The smallest absolute Gasteiger partial charge is 0.306 e. The first-order valence-corrected chi connectivity index (χ1v) is 41.9. The van der Waals surface area contributed by atoms with Crippen LogP contribution >= 0.6 is 0 Å². The summed E-state index contributed by atoms with van der Waals surface area (Å²) in [6, 6.07) is 17.7. The van der Waals surface area contributed by atoms with Crippen molar-refractivity contribution in [1.29, 1.82) is 0 Å². The number of likely N-dealkylation sites (N-methyl/N-ethyl adjacent to an activating group) is 3. The number of aryl methyl sites for hydroxylation is 2. The van der Waals surface area contributed by atoms with Crippen LogP contribution in [0.15, 0.2) is 72.8 Å². The van der Waals surface area contributed by atoms with Gasteiger partial charge in [-0.25, -0.2) is 0 Å². The van der Waals surface area contributed by atoms with E-state index < -0.39 is 72.0 Å². The number of hydrogen-bond acceptors (Lipinski definition) is 20. The Morgan fingerprint density at radius 2 is 0.750 bits per heavy atom. The number of esters is 2. The molecular formula is C86H119N13O17. The molecule has 8 heterocycles. The minimum absolute atomic E-state index is 0.00534. The van der Waals surface area contributed by atoms with Crippen LogP contribution in [0.25, 0.3) is 0 Å². The highest BCUT2D eigenvalue weighted by Gasteiger charge is 2.54. The van der Waals surface area contributed by atoms with Gasteiger partial charge in [0.05, 0.1) is 18.1 Å². The van der Waals surface area contributed by atoms with Gasteiger partial charge < -0.3 is 77.3 Å². The maximum atomic E-state index is 13.6. The van der Waals surface area contributed by atoms with E-state index in [0.29, 0.717) is 122 Å². The SMILES string of the molecule is CN[C@@H](C)C(=O)N[C@H]1CCCC[C@H]2CC[C@@H](C(=O)NCc3cccc(CCC(=O)[C@@H]4CCC(=O)O4)c3)N2C1=O.CN[C@@H](C)C(=O)N[C@H]1CCCC[C@H]2CC[C@@H](C(=O)NCc3cccc(CCC(=O)[C@H]4CCC(=O)O4)c3)N2C1=O.CN[C@@H](C)C(=O)N[C@H]1CCCC[C@H]2CC[C@@H](C(=O)NCc3cccc(NC(=O)C4(C(C)=O)CC4)c3)N2C1=O. The lowest BCUT2D eigenvalue weighted by atomic mass is 9.98. The second kappa shape index (κ2) is 41.8. The number of carbonyl (C=O) groups is 15. The van der Waals surface area contributed by atoms with Crippen molar-refractivity contribution in [3.8, 4) is 0 Å². The number of ketones is 3. The van der Waals surface area contributed by atoms with Crippen molar-refractivity contribution in [1.82, 2.24) is 62.6 Å². The van der Waals surface area contributed by atoms with Gasteiger partial charge in [0.2, 0.25) is 59.1 Å². The summed E-state index contributed by atoms with van der Waals surface area (Å²) in [7, 11) is 5.09. The molecule has 0 aromatic heterocycles. The van der Waals surface area contributed by atoms with Gasteiger partial charge in [-0.2, -0.15) is 0 Å². The monoisotopic (exact) mass is 1610 g/mol. The van der Waals surface area contributed by atoms with Crippen LogP contribution in [-0.4, -0.2) is 209 Å². The number of ether oxygens (including phenoxy) is 2. The molecule has 3 aromatic rings. The number of nitrogens with one attached hydrogen (secondary N) is 10. The van der Waals surface area contributed by atoms with E-state index in [1.165, 1.54) is 6.92 Å². The summed E-state index contributed by atoms with van der Waals surface area (Å²) >= 11 is 0. The standard InChI is InChI=1S/2C29H40N4O6.C28H39N5O5/c2*1-18(30-2)27(36)32-22-9-4-3-8-21-11-12-23(33(21)29(22)38)28(37)31-17-20-7-5-6-19(16-20)10-13-24(34)25-14-15-26(35)39-25;1-17(29-3)24(35)32-22-10-5-4-9-21-11-12-23(33(21)26(22)37)25(36)30-16-19-7-6-8-20(15-19)31-27(38)28(13-14-28)18(2)34/h2*5-7,16,18,21-23,25,30H,3-4,8-15,17H2,1-2H3,(H,31,37)(H,32,36);6-8,15,17,21-23,29H,4-5,9-14,16H2,1-3H3,(H,30,36)(H,31,38)(H,32,35)/t18-,21-,22-,23-,25+;18-,21-,22-,23-,25-;17-,21-,22-,23-/m000/s1. The van der Waals surface area contributed by atoms with Crippen molar-refractivity contribution in [2.75, 3.05) is 26.5 Å². The first kappa shape index (κ1) is 88.6. The predicted molar refractivity (Wildman–Crippen MR) is 428 cm³/mol. The predicted octanol–water partition coefficient (Wildman–Crippen LogP) is 4.71. The first-order valence-electron chi connectivity index (χ1n) is 41.9. The van der Waals surface area contributed by atoms with Crippen LogP contribution in [0.5, 0.6) is 0 Å². The zero-order valence-corrected chi connectivity index (χ0v) is 68.2. The van der Waals surface area contributed by atoms with Crippen LogP contribution in [0.1, 0.15) is 222 Å². The Hall–Kier alpha value is -9.81. The minimum atomic E-state index is -0.899. The van der Waals surface area contributed by atoms with Crippen LogP contribution in [0, 0.1) is 5.41 Å². The zero-order chi connectivity index (χ0) is 83.3. The molecule has 30 nitrogen and oxygen atoms in total. The Balaban J connectivity index is 0.000000184. The molecule has 9 aliphatic rings. The van der Waals surface area contributed by atoms with Gasteiger partial charge in [-0.3, -0.25) is 71.9 Å². The van der Waals surface area contributed by atoms with Crippen LogP contribution in [0.3, 0.4) is 0 Å². The molecule has 116 heavy (non-hydrogen) atoms. The number of benzene rings is 3. The van der Waals surface area contributed by atoms with Crippen molar-refractivity contribution in [2.45, 2.75) is 312 Å². The molecule has 0 spiro atoms. The van der Waals surface area contributed by atoms with E-state index in [2.05, 4.69) is 53.2 Å². The van der Waals surface area contributed by atoms with Crippen molar-refractivity contribution in [3.05, 3.63) is 101 Å². The average Bonchev–Trinajstić information content (AvgIpc) is 1.61. The molecule has 1 aliphatic carbocycles. The summed E-state index contributed by atoms with van der Waals surface area (Å²) in [4.78, 5) is 195. The van der Waals surface area contributed by atoms with Crippen molar-refractivity contribution in [3.63, 3.8) is 0 Å².